The molecule has 1 fully saturated rings. The van der Waals surface area contributed by atoms with Crippen molar-refractivity contribution in [2.75, 3.05) is 26.8 Å². The zero-order valence-electron chi connectivity index (χ0n) is 12.0. The van der Waals surface area contributed by atoms with Gasteiger partial charge in [0, 0.05) is 20.2 Å². The minimum Gasteiger partial charge on any atom is -0.383 e. The van der Waals surface area contributed by atoms with Crippen molar-refractivity contribution in [3.8, 4) is 0 Å². The van der Waals surface area contributed by atoms with Gasteiger partial charge in [0.25, 0.3) is 0 Å². The maximum absolute atomic E-state index is 12.2. The Morgan fingerprint density at radius 2 is 2.11 bits per heavy atom. The molecule has 1 unspecified atom stereocenters. The second-order valence-corrected chi connectivity index (χ2v) is 5.48. The van der Waals surface area contributed by atoms with Crippen molar-refractivity contribution in [2.45, 2.75) is 32.7 Å². The molecule has 1 rings (SSSR count). The van der Waals surface area contributed by atoms with Crippen LogP contribution < -0.4 is 16.4 Å². The maximum Gasteiger partial charge on any atom is 0.242 e. The fraction of sp³-hybridized carbons (Fsp3) is 0.846. The van der Waals surface area contributed by atoms with Crippen molar-refractivity contribution in [1.82, 2.24) is 10.6 Å². The average molecular weight is 271 g/mol. The molecule has 0 radical (unpaired) electrons. The van der Waals surface area contributed by atoms with Crippen molar-refractivity contribution < 1.29 is 14.3 Å². The van der Waals surface area contributed by atoms with E-state index < -0.39 is 11.5 Å². The van der Waals surface area contributed by atoms with E-state index in [4.69, 9.17) is 10.5 Å². The molecule has 1 atom stereocenters. The average Bonchev–Trinajstić information content (AvgIpc) is 2.34. The van der Waals surface area contributed by atoms with E-state index in [0.29, 0.717) is 25.6 Å². The smallest absolute Gasteiger partial charge is 0.242 e. The monoisotopic (exact) mass is 271 g/mol. The van der Waals surface area contributed by atoms with Gasteiger partial charge < -0.3 is 21.1 Å². The SMILES string of the molecule is COCCNC(=O)C(C)NC(=O)C1(CN)CC(C)C1. The standard InChI is InChI=1S/C13H25N3O3/c1-9-6-13(7-9,8-14)12(18)16-10(2)11(17)15-4-5-19-3/h9-10H,4-8,14H2,1-3H3,(H,15,17)(H,16,18). The van der Waals surface area contributed by atoms with E-state index in [2.05, 4.69) is 17.6 Å². The van der Waals surface area contributed by atoms with Gasteiger partial charge in [0.1, 0.15) is 6.04 Å². The largest absolute Gasteiger partial charge is 0.383 e. The van der Waals surface area contributed by atoms with E-state index in [9.17, 15) is 9.59 Å². The second-order valence-electron chi connectivity index (χ2n) is 5.48. The van der Waals surface area contributed by atoms with Crippen LogP contribution in [-0.4, -0.2) is 44.7 Å². The summed E-state index contributed by atoms with van der Waals surface area (Å²) in [6.07, 6.45) is 1.60. The molecule has 0 aromatic rings. The summed E-state index contributed by atoms with van der Waals surface area (Å²) in [5.41, 5.74) is 5.23. The Bertz CT molecular complexity index is 327. The molecule has 19 heavy (non-hydrogen) atoms. The normalized spacial score (nSPS) is 27.3. The van der Waals surface area contributed by atoms with Crippen LogP contribution in [0.4, 0.5) is 0 Å². The number of amides is 2. The van der Waals surface area contributed by atoms with Crippen molar-refractivity contribution >= 4 is 11.8 Å². The molecular formula is C13H25N3O3. The van der Waals surface area contributed by atoms with E-state index in [1.54, 1.807) is 14.0 Å². The van der Waals surface area contributed by atoms with Gasteiger partial charge in [-0.1, -0.05) is 6.92 Å². The van der Waals surface area contributed by atoms with Gasteiger partial charge in [-0.25, -0.2) is 0 Å². The third-order valence-electron chi connectivity index (χ3n) is 3.70. The van der Waals surface area contributed by atoms with Crippen LogP contribution in [0.1, 0.15) is 26.7 Å². The molecule has 1 aliphatic rings. The molecule has 2 amide bonds. The Hall–Kier alpha value is -1.14. The fourth-order valence-electron chi connectivity index (χ4n) is 2.56. The first-order chi connectivity index (χ1) is 8.95. The number of hydrogen-bond acceptors (Lipinski definition) is 4. The number of methoxy groups -OCH3 is 1. The molecule has 0 aromatic heterocycles. The highest BCUT2D eigenvalue weighted by atomic mass is 16.5. The summed E-state index contributed by atoms with van der Waals surface area (Å²) in [6.45, 7) is 5.00. The summed E-state index contributed by atoms with van der Waals surface area (Å²) >= 11 is 0. The van der Waals surface area contributed by atoms with Crippen molar-refractivity contribution in [3.63, 3.8) is 0 Å². The Kier molecular flexibility index (Phi) is 5.75. The van der Waals surface area contributed by atoms with Crippen LogP contribution >= 0.6 is 0 Å². The van der Waals surface area contributed by atoms with Crippen LogP contribution in [0.15, 0.2) is 0 Å². The zero-order chi connectivity index (χ0) is 14.5. The minimum absolute atomic E-state index is 0.109. The summed E-state index contributed by atoms with van der Waals surface area (Å²) in [7, 11) is 1.57. The second kappa shape index (κ2) is 6.86. The Morgan fingerprint density at radius 1 is 1.47 bits per heavy atom. The van der Waals surface area contributed by atoms with Crippen molar-refractivity contribution in [3.05, 3.63) is 0 Å². The molecule has 6 nitrogen and oxygen atoms in total. The Morgan fingerprint density at radius 3 is 2.58 bits per heavy atom. The lowest BCUT2D eigenvalue weighted by molar-refractivity contribution is -0.141. The first-order valence-corrected chi connectivity index (χ1v) is 6.73. The van der Waals surface area contributed by atoms with Gasteiger partial charge in [-0.3, -0.25) is 9.59 Å². The van der Waals surface area contributed by atoms with Crippen LogP contribution in [0.5, 0.6) is 0 Å². The molecule has 0 saturated heterocycles. The highest BCUT2D eigenvalue weighted by Crippen LogP contribution is 2.44. The molecule has 0 heterocycles. The molecule has 1 saturated carbocycles. The molecule has 0 bridgehead atoms. The number of carbonyl (C=O) groups is 2. The van der Waals surface area contributed by atoms with Gasteiger partial charge in [0.15, 0.2) is 0 Å². The predicted octanol–water partition coefficient (Wildman–Crippen LogP) is -0.371. The Balaban J connectivity index is 2.41. The van der Waals surface area contributed by atoms with Crippen molar-refractivity contribution in [1.29, 1.82) is 0 Å². The number of nitrogens with two attached hydrogens (primary N) is 1. The third kappa shape index (κ3) is 3.91. The lowest BCUT2D eigenvalue weighted by Crippen LogP contribution is -2.57. The first-order valence-electron chi connectivity index (χ1n) is 6.73. The van der Waals surface area contributed by atoms with Crippen LogP contribution in [0, 0.1) is 11.3 Å². The van der Waals surface area contributed by atoms with E-state index in [-0.39, 0.29) is 11.8 Å². The van der Waals surface area contributed by atoms with E-state index in [1.165, 1.54) is 0 Å². The molecular weight excluding hydrogens is 246 g/mol. The van der Waals surface area contributed by atoms with Gasteiger partial charge in [0.2, 0.25) is 11.8 Å². The van der Waals surface area contributed by atoms with Gasteiger partial charge in [-0.2, -0.15) is 0 Å². The number of carbonyl (C=O) groups excluding carboxylic acids is 2. The molecule has 6 heteroatoms. The number of nitrogens with one attached hydrogen (secondary N) is 2. The van der Waals surface area contributed by atoms with E-state index in [0.717, 1.165) is 12.8 Å². The lowest BCUT2D eigenvalue weighted by atomic mass is 9.62. The fourth-order valence-corrected chi connectivity index (χ4v) is 2.56. The molecule has 1 aliphatic carbocycles. The van der Waals surface area contributed by atoms with Gasteiger partial charge in [0.05, 0.1) is 12.0 Å². The van der Waals surface area contributed by atoms with Crippen LogP contribution in [0.25, 0.3) is 0 Å². The number of rotatable bonds is 7. The topological polar surface area (TPSA) is 93.5 Å². The molecule has 4 N–H and O–H groups in total. The number of ether oxygens (including phenoxy) is 1. The highest BCUT2D eigenvalue weighted by molar-refractivity contribution is 5.90. The van der Waals surface area contributed by atoms with E-state index in [1.807, 2.05) is 0 Å². The summed E-state index contributed by atoms with van der Waals surface area (Å²) in [5, 5.41) is 5.44. The summed E-state index contributed by atoms with van der Waals surface area (Å²) in [6, 6.07) is -0.552. The first kappa shape index (κ1) is 15.9. The molecule has 0 aliphatic heterocycles. The predicted molar refractivity (Wildman–Crippen MR) is 72.4 cm³/mol. The van der Waals surface area contributed by atoms with Gasteiger partial charge >= 0.3 is 0 Å². The van der Waals surface area contributed by atoms with Crippen molar-refractivity contribution in [2.24, 2.45) is 17.1 Å². The Labute approximate surface area is 114 Å². The molecule has 110 valence electrons. The molecule has 0 aromatic carbocycles. The highest BCUT2D eigenvalue weighted by Gasteiger charge is 2.47. The minimum atomic E-state index is -0.552. The number of hydrogen-bond donors (Lipinski definition) is 3. The quantitative estimate of drug-likeness (QED) is 0.551. The summed E-state index contributed by atoms with van der Waals surface area (Å²) in [4.78, 5) is 23.9. The summed E-state index contributed by atoms with van der Waals surface area (Å²) < 4.78 is 4.84. The third-order valence-corrected chi connectivity index (χ3v) is 3.70. The summed E-state index contributed by atoms with van der Waals surface area (Å²) in [5.74, 6) is 0.215. The lowest BCUT2D eigenvalue weighted by Gasteiger charge is -2.44. The van der Waals surface area contributed by atoms with Crippen LogP contribution in [0.3, 0.4) is 0 Å². The van der Waals surface area contributed by atoms with Gasteiger partial charge in [-0.05, 0) is 25.7 Å². The zero-order valence-corrected chi connectivity index (χ0v) is 12.0. The van der Waals surface area contributed by atoms with Crippen LogP contribution in [0.2, 0.25) is 0 Å². The molecule has 0 spiro atoms. The van der Waals surface area contributed by atoms with Crippen LogP contribution in [-0.2, 0) is 14.3 Å². The van der Waals surface area contributed by atoms with E-state index >= 15 is 0 Å². The van der Waals surface area contributed by atoms with Gasteiger partial charge in [-0.15, -0.1) is 0 Å². The maximum atomic E-state index is 12.2.